The molecule has 0 unspecified atom stereocenters. The Morgan fingerprint density at radius 2 is 2.08 bits per heavy atom. The van der Waals surface area contributed by atoms with Crippen molar-refractivity contribution < 1.29 is 8.94 Å². The maximum Gasteiger partial charge on any atom is 0.138 e. The fourth-order valence-corrected chi connectivity index (χ4v) is 4.82. The summed E-state index contributed by atoms with van der Waals surface area (Å²) >= 11 is 0. The van der Waals surface area contributed by atoms with Gasteiger partial charge in [-0.2, -0.15) is 0 Å². The van der Waals surface area contributed by atoms with E-state index in [-0.39, 0.29) is 0 Å². The van der Waals surface area contributed by atoms with E-state index in [1.807, 2.05) is 19.9 Å². The van der Waals surface area contributed by atoms with E-state index >= 15 is 0 Å². The highest BCUT2D eigenvalue weighted by Crippen LogP contribution is 2.51. The van der Waals surface area contributed by atoms with Crippen molar-refractivity contribution in [2.24, 2.45) is 5.41 Å². The van der Waals surface area contributed by atoms with Crippen LogP contribution in [-0.2, 0) is 13.1 Å². The summed E-state index contributed by atoms with van der Waals surface area (Å²) in [5, 5.41) is 4.09. The van der Waals surface area contributed by atoms with Crippen molar-refractivity contribution in [1.82, 2.24) is 15.0 Å². The molecule has 5 nitrogen and oxygen atoms in total. The molecule has 2 aromatic heterocycles. The van der Waals surface area contributed by atoms with Crippen LogP contribution in [0.15, 0.2) is 27.3 Å². The van der Waals surface area contributed by atoms with Gasteiger partial charge in [-0.25, -0.2) is 0 Å². The van der Waals surface area contributed by atoms with Crippen LogP contribution in [0, 0.1) is 19.3 Å². The lowest BCUT2D eigenvalue weighted by atomic mass is 9.58. The van der Waals surface area contributed by atoms with E-state index in [1.54, 1.807) is 6.26 Å². The summed E-state index contributed by atoms with van der Waals surface area (Å²) in [6.07, 6.45) is 7.06. The lowest BCUT2D eigenvalue weighted by Crippen LogP contribution is -2.57. The highest BCUT2D eigenvalue weighted by molar-refractivity contribution is 5.20. The van der Waals surface area contributed by atoms with Crippen LogP contribution in [-0.4, -0.2) is 41.1 Å². The van der Waals surface area contributed by atoms with Gasteiger partial charge < -0.3 is 8.94 Å². The van der Waals surface area contributed by atoms with Crippen molar-refractivity contribution in [3.63, 3.8) is 0 Å². The molecule has 0 aromatic carbocycles. The molecule has 1 spiro atoms. The van der Waals surface area contributed by atoms with Crippen LogP contribution in [0.1, 0.15) is 48.5 Å². The van der Waals surface area contributed by atoms with Gasteiger partial charge in [0.1, 0.15) is 11.5 Å². The molecule has 3 heterocycles. The molecule has 2 aromatic rings. The van der Waals surface area contributed by atoms with Gasteiger partial charge in [0, 0.05) is 18.2 Å². The maximum absolute atomic E-state index is 5.53. The third-order valence-corrected chi connectivity index (χ3v) is 6.55. The maximum atomic E-state index is 5.53. The van der Waals surface area contributed by atoms with Crippen LogP contribution in [0.25, 0.3) is 0 Å². The molecule has 1 aliphatic heterocycles. The second-order valence-corrected chi connectivity index (χ2v) is 7.99. The van der Waals surface area contributed by atoms with Crippen molar-refractivity contribution in [3.05, 3.63) is 41.2 Å². The average molecular weight is 343 g/mol. The summed E-state index contributed by atoms with van der Waals surface area (Å²) in [6, 6.07) is 4.75. The van der Waals surface area contributed by atoms with Gasteiger partial charge in [0.15, 0.2) is 0 Å². The van der Waals surface area contributed by atoms with E-state index in [9.17, 15) is 0 Å². The fraction of sp³-hybridized carbons (Fsp3) is 0.650. The van der Waals surface area contributed by atoms with Crippen molar-refractivity contribution >= 4 is 0 Å². The van der Waals surface area contributed by atoms with Gasteiger partial charge in [0.25, 0.3) is 0 Å². The second kappa shape index (κ2) is 6.61. The minimum atomic E-state index is 0.510. The Hall–Kier alpha value is -1.59. The summed E-state index contributed by atoms with van der Waals surface area (Å²) in [7, 11) is 2.25. The van der Waals surface area contributed by atoms with E-state index in [1.165, 1.54) is 44.3 Å². The molecular weight excluding hydrogens is 314 g/mol. The van der Waals surface area contributed by atoms with Crippen LogP contribution in [0.2, 0.25) is 0 Å². The Labute approximate surface area is 150 Å². The number of furan rings is 1. The summed E-state index contributed by atoms with van der Waals surface area (Å²) in [4.78, 5) is 5.08. The molecule has 0 amide bonds. The topological polar surface area (TPSA) is 45.7 Å². The Balaban J connectivity index is 1.34. The van der Waals surface area contributed by atoms with Gasteiger partial charge in [-0.3, -0.25) is 9.80 Å². The van der Waals surface area contributed by atoms with Gasteiger partial charge in [0.05, 0.1) is 18.5 Å². The molecule has 136 valence electrons. The van der Waals surface area contributed by atoms with Gasteiger partial charge in [-0.15, -0.1) is 0 Å². The fourth-order valence-electron chi connectivity index (χ4n) is 4.82. The van der Waals surface area contributed by atoms with Crippen LogP contribution in [0.5, 0.6) is 0 Å². The highest BCUT2D eigenvalue weighted by atomic mass is 16.5. The number of piperidine rings is 1. The van der Waals surface area contributed by atoms with Crippen molar-refractivity contribution in [2.45, 2.75) is 58.7 Å². The van der Waals surface area contributed by atoms with E-state index in [0.29, 0.717) is 11.5 Å². The largest absolute Gasteiger partial charge is 0.468 e. The number of hydrogen-bond donors (Lipinski definition) is 0. The zero-order valence-electron chi connectivity index (χ0n) is 15.6. The number of likely N-dealkylation sites (tertiary alicyclic amines) is 1. The molecule has 0 radical (unpaired) electrons. The van der Waals surface area contributed by atoms with Crippen LogP contribution in [0.4, 0.5) is 0 Å². The zero-order chi connectivity index (χ0) is 17.4. The Morgan fingerprint density at radius 1 is 1.28 bits per heavy atom. The minimum absolute atomic E-state index is 0.510. The number of aromatic nitrogens is 1. The second-order valence-electron chi connectivity index (χ2n) is 7.99. The van der Waals surface area contributed by atoms with E-state index in [2.05, 4.69) is 28.1 Å². The molecule has 1 atom stereocenters. The summed E-state index contributed by atoms with van der Waals surface area (Å²) in [6.45, 7) is 8.31. The smallest absolute Gasteiger partial charge is 0.138 e. The number of rotatable bonds is 5. The predicted molar refractivity (Wildman–Crippen MR) is 96.1 cm³/mol. The predicted octanol–water partition coefficient (Wildman–Crippen LogP) is 3.76. The van der Waals surface area contributed by atoms with Crippen LogP contribution >= 0.6 is 0 Å². The van der Waals surface area contributed by atoms with Gasteiger partial charge in [-0.1, -0.05) is 5.16 Å². The van der Waals surface area contributed by atoms with Crippen LogP contribution in [0.3, 0.4) is 0 Å². The molecule has 5 heteroatoms. The van der Waals surface area contributed by atoms with Gasteiger partial charge in [-0.05, 0) is 77.2 Å². The normalized spacial score (nSPS) is 23.3. The van der Waals surface area contributed by atoms with Crippen molar-refractivity contribution in [2.75, 3.05) is 20.1 Å². The molecular formula is C20H29N3O2. The van der Waals surface area contributed by atoms with Crippen molar-refractivity contribution in [1.29, 1.82) is 0 Å². The lowest BCUT2D eigenvalue weighted by Gasteiger charge is -2.57. The number of aryl methyl sites for hydroxylation is 2. The minimum Gasteiger partial charge on any atom is -0.468 e. The molecule has 0 bridgehead atoms. The quantitative estimate of drug-likeness (QED) is 0.827. The summed E-state index contributed by atoms with van der Waals surface area (Å²) in [5.41, 5.74) is 2.82. The first-order valence-corrected chi connectivity index (χ1v) is 9.44. The monoisotopic (exact) mass is 343 g/mol. The Kier molecular flexibility index (Phi) is 4.46. The molecule has 1 aliphatic carbocycles. The molecule has 25 heavy (non-hydrogen) atoms. The molecule has 1 saturated heterocycles. The first kappa shape index (κ1) is 16.9. The third kappa shape index (κ3) is 3.15. The molecule has 2 fully saturated rings. The molecule has 1 saturated carbocycles. The Bertz CT molecular complexity index is 679. The van der Waals surface area contributed by atoms with Crippen LogP contribution < -0.4 is 0 Å². The highest BCUT2D eigenvalue weighted by Gasteiger charge is 2.49. The van der Waals surface area contributed by atoms with E-state index in [4.69, 9.17) is 8.94 Å². The third-order valence-electron chi connectivity index (χ3n) is 6.55. The van der Waals surface area contributed by atoms with Crippen molar-refractivity contribution in [3.8, 4) is 0 Å². The average Bonchev–Trinajstić information content (AvgIpc) is 3.19. The summed E-state index contributed by atoms with van der Waals surface area (Å²) < 4.78 is 10.8. The number of hydrogen-bond acceptors (Lipinski definition) is 5. The van der Waals surface area contributed by atoms with Gasteiger partial charge in [0.2, 0.25) is 0 Å². The Morgan fingerprint density at radius 3 is 2.64 bits per heavy atom. The standard InChI is InChI=1S/C20H29N3O2/c1-15-18(16(2)25-21-15)14-23-10-8-20(9-11-23)7-6-19(20)22(3)13-17-5-4-12-24-17/h4-5,12,19H,6-11,13-14H2,1-3H3/t19-/m0/s1. The molecule has 2 aliphatic rings. The first-order valence-electron chi connectivity index (χ1n) is 9.44. The SMILES string of the molecule is Cc1noc(C)c1CN1CCC2(CC[C@@H]2N(C)Cc2ccco2)CC1. The van der Waals surface area contributed by atoms with Gasteiger partial charge >= 0.3 is 0 Å². The molecule has 4 rings (SSSR count). The first-order chi connectivity index (χ1) is 12.1. The zero-order valence-corrected chi connectivity index (χ0v) is 15.6. The summed E-state index contributed by atoms with van der Waals surface area (Å²) in [5.74, 6) is 2.04. The van der Waals surface area contributed by atoms with E-state index in [0.717, 1.165) is 30.3 Å². The van der Waals surface area contributed by atoms with E-state index < -0.39 is 0 Å². The lowest BCUT2D eigenvalue weighted by molar-refractivity contribution is -0.0649. The molecule has 0 N–H and O–H groups in total. The number of nitrogens with zero attached hydrogens (tertiary/aromatic N) is 3.